The Kier molecular flexibility index (Phi) is 6.23. The van der Waals surface area contributed by atoms with Crippen molar-refractivity contribution in [1.82, 2.24) is 0 Å². The van der Waals surface area contributed by atoms with Crippen LogP contribution in [0.25, 0.3) is 0 Å². The fraction of sp³-hybridized carbons (Fsp3) is 0.200. The van der Waals surface area contributed by atoms with E-state index in [0.29, 0.717) is 22.5 Å². The number of carboxylic acid groups (broad SMARTS) is 4. The van der Waals surface area contributed by atoms with E-state index in [-0.39, 0.29) is 22.3 Å². The van der Waals surface area contributed by atoms with Gasteiger partial charge in [0.2, 0.25) is 0 Å². The van der Waals surface area contributed by atoms with Crippen molar-refractivity contribution in [2.75, 3.05) is 0 Å². The van der Waals surface area contributed by atoms with Crippen LogP contribution in [-0.4, -0.2) is 52.4 Å². The topological polar surface area (TPSA) is 149 Å². The first-order valence-corrected chi connectivity index (χ1v) is 11.2. The van der Waals surface area contributed by atoms with Crippen LogP contribution in [0, 0.1) is 0 Å². The molecule has 4 N–H and O–H groups in total. The summed E-state index contributed by atoms with van der Waals surface area (Å²) in [5.41, 5.74) is -1.34. The molecule has 0 saturated carbocycles. The molecule has 0 aliphatic heterocycles. The lowest BCUT2D eigenvalue weighted by atomic mass is 10.1. The molecule has 0 fully saturated rings. The van der Waals surface area contributed by atoms with Gasteiger partial charge in [0.15, 0.2) is 0 Å². The molecule has 0 aliphatic carbocycles. The summed E-state index contributed by atoms with van der Waals surface area (Å²) < 4.78 is 0. The van der Waals surface area contributed by atoms with Crippen molar-refractivity contribution in [3.05, 3.63) is 58.7 Å². The van der Waals surface area contributed by atoms with Crippen LogP contribution in [0.1, 0.15) is 55.3 Å². The van der Waals surface area contributed by atoms with Crippen molar-refractivity contribution in [2.45, 2.75) is 25.9 Å². The van der Waals surface area contributed by atoms with E-state index in [1.807, 2.05) is 13.8 Å². The largest absolute Gasteiger partial charge is 0.478 e. The lowest BCUT2D eigenvalue weighted by Crippen LogP contribution is -2.57. The number of carboxylic acids is 4. The lowest BCUT2D eigenvalue weighted by molar-refractivity contribution is 0.0651. The highest BCUT2D eigenvalue weighted by Gasteiger charge is 2.36. The third-order valence-corrected chi connectivity index (χ3v) is 10.5. The van der Waals surface area contributed by atoms with E-state index in [9.17, 15) is 39.6 Å². The molecule has 0 radical (unpaired) electrons. The maximum Gasteiger partial charge on any atom is 0.336 e. The molecule has 2 aromatic carbocycles. The Morgan fingerprint density at radius 2 is 0.931 bits per heavy atom. The third kappa shape index (κ3) is 3.90. The zero-order valence-electron chi connectivity index (χ0n) is 15.8. The Balaban J connectivity index is 2.79. The average molecular weight is 416 g/mol. The third-order valence-electron chi connectivity index (χ3n) is 5.27. The van der Waals surface area contributed by atoms with Gasteiger partial charge in [-0.25, -0.2) is 19.2 Å². The molecule has 2 rings (SSSR count). The van der Waals surface area contributed by atoms with Gasteiger partial charge < -0.3 is 20.4 Å². The molecule has 0 saturated heterocycles. The molecule has 9 heteroatoms. The van der Waals surface area contributed by atoms with E-state index in [2.05, 4.69) is 0 Å². The molecular weight excluding hydrogens is 396 g/mol. The van der Waals surface area contributed by atoms with Crippen LogP contribution in [0.5, 0.6) is 0 Å². The van der Waals surface area contributed by atoms with Gasteiger partial charge >= 0.3 is 23.9 Å². The van der Waals surface area contributed by atoms with Crippen molar-refractivity contribution in [3.8, 4) is 0 Å². The second-order valence-electron chi connectivity index (χ2n) is 6.53. The number of rotatable bonds is 8. The van der Waals surface area contributed by atoms with Crippen LogP contribution < -0.4 is 10.4 Å². The Bertz CT molecular complexity index is 930. The smallest absolute Gasteiger partial charge is 0.336 e. The molecule has 0 atom stereocenters. The number of hydrogen-bond donors (Lipinski definition) is 4. The van der Waals surface area contributed by atoms with Crippen molar-refractivity contribution >= 4 is 42.3 Å². The number of hydrogen-bond acceptors (Lipinski definition) is 4. The highest BCUT2D eigenvalue weighted by Crippen LogP contribution is 2.20. The number of benzene rings is 2. The van der Waals surface area contributed by atoms with Crippen LogP contribution in [0.2, 0.25) is 12.1 Å². The molecule has 29 heavy (non-hydrogen) atoms. The average Bonchev–Trinajstić information content (AvgIpc) is 2.68. The SMILES string of the molecule is CC[Si](CC)(c1ccc(C(=O)O)c(C(=O)O)c1)c1ccc(C(=O)O)c(C(=O)O)c1. The monoisotopic (exact) mass is 416 g/mol. The Hall–Kier alpha value is -3.46. The zero-order chi connectivity index (χ0) is 21.9. The predicted octanol–water partition coefficient (Wildman–Crippen LogP) is 2.08. The Morgan fingerprint density at radius 1 is 0.621 bits per heavy atom. The Morgan fingerprint density at radius 3 is 1.17 bits per heavy atom. The van der Waals surface area contributed by atoms with E-state index in [1.165, 1.54) is 24.3 Å². The highest BCUT2D eigenvalue weighted by atomic mass is 28.3. The summed E-state index contributed by atoms with van der Waals surface area (Å²) in [6.45, 7) is 3.79. The fourth-order valence-corrected chi connectivity index (χ4v) is 7.76. The zero-order valence-corrected chi connectivity index (χ0v) is 16.8. The van der Waals surface area contributed by atoms with E-state index >= 15 is 0 Å². The van der Waals surface area contributed by atoms with Crippen molar-refractivity contribution in [1.29, 1.82) is 0 Å². The molecule has 2 aromatic rings. The minimum atomic E-state index is -2.68. The van der Waals surface area contributed by atoms with E-state index < -0.39 is 32.0 Å². The molecule has 0 aliphatic rings. The van der Waals surface area contributed by atoms with Crippen LogP contribution in [0.4, 0.5) is 0 Å². The first-order valence-electron chi connectivity index (χ1n) is 8.81. The van der Waals surface area contributed by atoms with Gasteiger partial charge in [0, 0.05) is 0 Å². The summed E-state index contributed by atoms with van der Waals surface area (Å²) in [5.74, 6) is -5.44. The minimum Gasteiger partial charge on any atom is -0.478 e. The first kappa shape index (κ1) is 21.8. The fourth-order valence-electron chi connectivity index (χ4n) is 3.64. The van der Waals surface area contributed by atoms with Gasteiger partial charge in [-0.3, -0.25) is 0 Å². The van der Waals surface area contributed by atoms with Gasteiger partial charge in [-0.15, -0.1) is 0 Å². The Labute approximate surface area is 167 Å². The maximum atomic E-state index is 11.6. The maximum absolute atomic E-state index is 11.6. The van der Waals surface area contributed by atoms with Crippen molar-refractivity contribution < 1.29 is 39.6 Å². The summed E-state index contributed by atoms with van der Waals surface area (Å²) in [6.07, 6.45) is 0. The molecule has 0 spiro atoms. The molecular formula is C20H20O8Si. The summed E-state index contributed by atoms with van der Waals surface area (Å²) in [5, 5.41) is 38.7. The van der Waals surface area contributed by atoms with Crippen molar-refractivity contribution in [2.24, 2.45) is 0 Å². The quantitative estimate of drug-likeness (QED) is 0.478. The first-order chi connectivity index (χ1) is 13.6. The molecule has 0 aromatic heterocycles. The molecule has 152 valence electrons. The minimum absolute atomic E-state index is 0.330. The lowest BCUT2D eigenvalue weighted by Gasteiger charge is -2.31. The number of carbonyl (C=O) groups is 4. The molecule has 8 nitrogen and oxygen atoms in total. The summed E-state index contributed by atoms with van der Waals surface area (Å²) in [7, 11) is -2.68. The molecule has 0 unspecified atom stereocenters. The van der Waals surface area contributed by atoms with Crippen molar-refractivity contribution in [3.63, 3.8) is 0 Å². The number of aromatic carboxylic acids is 4. The van der Waals surface area contributed by atoms with Crippen LogP contribution in [-0.2, 0) is 0 Å². The summed E-state index contributed by atoms with van der Waals surface area (Å²) in [4.78, 5) is 45.9. The van der Waals surface area contributed by atoms with Gasteiger partial charge in [0.05, 0.1) is 22.3 Å². The van der Waals surface area contributed by atoms with E-state index in [4.69, 9.17) is 0 Å². The van der Waals surface area contributed by atoms with Gasteiger partial charge in [-0.05, 0) is 24.3 Å². The van der Waals surface area contributed by atoms with Crippen LogP contribution in [0.15, 0.2) is 36.4 Å². The highest BCUT2D eigenvalue weighted by molar-refractivity contribution is 7.02. The molecule has 0 bridgehead atoms. The standard InChI is InChI=1S/C20H20O8Si/c1-3-29(4-2,11-5-7-13(17(21)22)15(9-11)19(25)26)12-6-8-14(18(23)24)16(10-12)20(27)28/h5-10H,3-4H2,1-2H3,(H,21,22)(H,23,24)(H,25,26)(H,27,28). The van der Waals surface area contributed by atoms with Crippen LogP contribution >= 0.6 is 0 Å². The molecule has 0 heterocycles. The summed E-state index contributed by atoms with van der Waals surface area (Å²) in [6, 6.07) is 9.49. The second-order valence-corrected chi connectivity index (χ2v) is 11.3. The molecule has 0 amide bonds. The predicted molar refractivity (Wildman–Crippen MR) is 107 cm³/mol. The van der Waals surface area contributed by atoms with Gasteiger partial charge in [0.25, 0.3) is 0 Å². The second kappa shape index (κ2) is 8.27. The van der Waals surface area contributed by atoms with Gasteiger partial charge in [-0.1, -0.05) is 48.4 Å². The summed E-state index contributed by atoms with van der Waals surface area (Å²) >= 11 is 0. The van der Waals surface area contributed by atoms with Gasteiger partial charge in [-0.2, -0.15) is 0 Å². The van der Waals surface area contributed by atoms with Crippen LogP contribution in [0.3, 0.4) is 0 Å². The van der Waals surface area contributed by atoms with Gasteiger partial charge in [0.1, 0.15) is 8.07 Å². The van der Waals surface area contributed by atoms with E-state index in [1.54, 1.807) is 12.1 Å². The normalized spacial score (nSPS) is 11.1. The van der Waals surface area contributed by atoms with E-state index in [0.717, 1.165) is 0 Å².